The molecule has 0 unspecified atom stereocenters. The molecule has 44 heavy (non-hydrogen) atoms. The number of pyridine rings is 1. The number of anilines is 1. The van der Waals surface area contributed by atoms with Crippen LogP contribution in [-0.2, 0) is 27.9 Å². The lowest BCUT2D eigenvalue weighted by Crippen LogP contribution is -2.46. The summed E-state index contributed by atoms with van der Waals surface area (Å²) in [5, 5.41) is 13.1. The number of carbonyl (C=O) groups excluding carboxylic acids is 3. The Bertz CT molecular complexity index is 1690. The van der Waals surface area contributed by atoms with E-state index in [0.717, 1.165) is 23.7 Å². The maximum Gasteiger partial charge on any atom is 0.412 e. The Balaban J connectivity index is 1.58. The molecule has 0 radical (unpaired) electrons. The van der Waals surface area contributed by atoms with Crippen LogP contribution in [0, 0.1) is 5.92 Å². The molecule has 0 saturated carbocycles. The summed E-state index contributed by atoms with van der Waals surface area (Å²) < 4.78 is 11.6. The number of nitrogens with zero attached hydrogens (tertiary/aromatic N) is 5. The predicted molar refractivity (Wildman–Crippen MR) is 161 cm³/mol. The summed E-state index contributed by atoms with van der Waals surface area (Å²) >= 11 is 0. The topological polar surface area (TPSA) is 171 Å². The van der Waals surface area contributed by atoms with Crippen molar-refractivity contribution in [2.24, 2.45) is 5.92 Å². The maximum atomic E-state index is 13.5. The van der Waals surface area contributed by atoms with Gasteiger partial charge in [0.2, 0.25) is 23.4 Å². The minimum Gasteiger partial charge on any atom is -0.453 e. The van der Waals surface area contributed by atoms with Crippen molar-refractivity contribution in [1.82, 2.24) is 30.0 Å². The standard InChI is InChI=1S/C31H35N7O6/c1-7-19-13-14-22(32-15-19)31(4,5)29-37-36-27(44-29)25(40)24(18(2)3)34-23(39)17-38-21(20-11-9-8-10-12-20)16-33-26(28(38)41)35-30(42)43-6/h8-16,18,24H,7,17H2,1-6H3,(H,34,39)(H,33,35,42)/t24-/m0/s1. The van der Waals surface area contributed by atoms with Gasteiger partial charge in [-0.05, 0) is 43.4 Å². The third-order valence-corrected chi connectivity index (χ3v) is 7.14. The zero-order valence-corrected chi connectivity index (χ0v) is 25.5. The van der Waals surface area contributed by atoms with Gasteiger partial charge in [0.25, 0.3) is 11.4 Å². The van der Waals surface area contributed by atoms with Crippen molar-refractivity contribution in [3.05, 3.63) is 88.3 Å². The monoisotopic (exact) mass is 601 g/mol. The molecule has 0 aliphatic carbocycles. The van der Waals surface area contributed by atoms with E-state index in [1.807, 2.05) is 32.9 Å². The van der Waals surface area contributed by atoms with Gasteiger partial charge in [-0.3, -0.25) is 29.3 Å². The van der Waals surface area contributed by atoms with Crippen LogP contribution < -0.4 is 16.2 Å². The van der Waals surface area contributed by atoms with Gasteiger partial charge in [0.1, 0.15) is 6.54 Å². The molecule has 2 amide bonds. The molecule has 3 aromatic heterocycles. The van der Waals surface area contributed by atoms with Crippen LogP contribution in [-0.4, -0.2) is 55.7 Å². The van der Waals surface area contributed by atoms with E-state index >= 15 is 0 Å². The zero-order valence-electron chi connectivity index (χ0n) is 25.5. The highest BCUT2D eigenvalue weighted by Gasteiger charge is 2.35. The summed E-state index contributed by atoms with van der Waals surface area (Å²) in [5.41, 5.74) is 1.22. The van der Waals surface area contributed by atoms with E-state index in [-0.39, 0.29) is 23.5 Å². The minimum absolute atomic E-state index is 0.202. The third kappa shape index (κ3) is 6.88. The Kier molecular flexibility index (Phi) is 9.67. The van der Waals surface area contributed by atoms with Crippen LogP contribution >= 0.6 is 0 Å². The summed E-state index contributed by atoms with van der Waals surface area (Å²) in [6.07, 6.45) is 3.12. The summed E-state index contributed by atoms with van der Waals surface area (Å²) in [6, 6.07) is 11.7. The number of carbonyl (C=O) groups is 3. The first-order chi connectivity index (χ1) is 21.0. The van der Waals surface area contributed by atoms with E-state index in [2.05, 4.69) is 35.5 Å². The van der Waals surface area contributed by atoms with Gasteiger partial charge in [0.05, 0.1) is 36.2 Å². The van der Waals surface area contributed by atoms with Gasteiger partial charge < -0.3 is 14.5 Å². The molecule has 13 nitrogen and oxygen atoms in total. The van der Waals surface area contributed by atoms with Crippen molar-refractivity contribution in [3.63, 3.8) is 0 Å². The molecule has 230 valence electrons. The average molecular weight is 602 g/mol. The number of aryl methyl sites for hydroxylation is 1. The molecule has 4 aromatic rings. The van der Waals surface area contributed by atoms with Crippen molar-refractivity contribution in [2.45, 2.75) is 59.0 Å². The van der Waals surface area contributed by atoms with E-state index in [0.29, 0.717) is 17.0 Å². The number of Topliss-reactive ketones (excluding diaryl/α,β-unsaturated/α-hetero) is 1. The quantitative estimate of drug-likeness (QED) is 0.241. The van der Waals surface area contributed by atoms with Crippen LogP contribution in [0.2, 0.25) is 0 Å². The van der Waals surface area contributed by atoms with Crippen LogP contribution in [0.15, 0.2) is 64.1 Å². The fourth-order valence-corrected chi connectivity index (χ4v) is 4.44. The first-order valence-electron chi connectivity index (χ1n) is 14.1. The number of ether oxygens (including phenoxy) is 1. The smallest absolute Gasteiger partial charge is 0.412 e. The number of nitrogens with one attached hydrogen (secondary N) is 2. The summed E-state index contributed by atoms with van der Waals surface area (Å²) in [7, 11) is 1.15. The second-order valence-corrected chi connectivity index (χ2v) is 11.0. The van der Waals surface area contributed by atoms with Crippen LogP contribution in [0.1, 0.15) is 62.5 Å². The molecule has 3 heterocycles. The molecule has 4 rings (SSSR count). The minimum atomic E-state index is -1.04. The number of amides is 2. The molecular weight excluding hydrogens is 566 g/mol. The van der Waals surface area contributed by atoms with Gasteiger partial charge in [-0.2, -0.15) is 0 Å². The molecule has 1 atom stereocenters. The Morgan fingerprint density at radius 1 is 1.02 bits per heavy atom. The SMILES string of the molecule is CCc1ccc(C(C)(C)c2nnc(C(=O)[C@@H](NC(=O)Cn3c(-c4ccccc4)cnc(NC(=O)OC)c3=O)C(C)C)o2)nc1. The van der Waals surface area contributed by atoms with Crippen LogP contribution in [0.4, 0.5) is 10.6 Å². The normalized spacial score (nSPS) is 12.1. The molecular formula is C31H35N7O6. The van der Waals surface area contributed by atoms with E-state index in [9.17, 15) is 19.2 Å². The Labute approximate surface area is 254 Å². The van der Waals surface area contributed by atoms with Gasteiger partial charge in [0, 0.05) is 6.20 Å². The van der Waals surface area contributed by atoms with Gasteiger partial charge in [-0.15, -0.1) is 10.2 Å². The fraction of sp³-hybridized carbons (Fsp3) is 0.355. The maximum absolute atomic E-state index is 13.5. The molecule has 0 spiro atoms. The number of benzene rings is 1. The van der Waals surface area contributed by atoms with Crippen molar-refractivity contribution in [1.29, 1.82) is 0 Å². The zero-order chi connectivity index (χ0) is 32.0. The second kappa shape index (κ2) is 13.4. The first-order valence-corrected chi connectivity index (χ1v) is 14.1. The van der Waals surface area contributed by atoms with Gasteiger partial charge in [-0.1, -0.05) is 57.2 Å². The average Bonchev–Trinajstić information content (AvgIpc) is 3.53. The number of ketones is 1. The Morgan fingerprint density at radius 3 is 2.36 bits per heavy atom. The van der Waals surface area contributed by atoms with E-state index in [4.69, 9.17) is 4.42 Å². The highest BCUT2D eigenvalue weighted by molar-refractivity contribution is 5.98. The molecule has 1 aromatic carbocycles. The predicted octanol–water partition coefficient (Wildman–Crippen LogP) is 3.78. The molecule has 0 saturated heterocycles. The van der Waals surface area contributed by atoms with Crippen LogP contribution in [0.25, 0.3) is 11.3 Å². The van der Waals surface area contributed by atoms with E-state index in [1.54, 1.807) is 50.4 Å². The second-order valence-electron chi connectivity index (χ2n) is 11.0. The Morgan fingerprint density at radius 2 is 1.75 bits per heavy atom. The number of rotatable bonds is 11. The van der Waals surface area contributed by atoms with E-state index in [1.165, 1.54) is 6.20 Å². The van der Waals surface area contributed by atoms with Crippen molar-refractivity contribution < 1.29 is 23.5 Å². The number of methoxy groups -OCH3 is 1. The van der Waals surface area contributed by atoms with Crippen molar-refractivity contribution in [2.75, 3.05) is 12.4 Å². The lowest BCUT2D eigenvalue weighted by atomic mass is 9.88. The Hall–Kier alpha value is -5.20. The number of hydrogen-bond acceptors (Lipinski definition) is 10. The number of aromatic nitrogens is 5. The van der Waals surface area contributed by atoms with Crippen molar-refractivity contribution >= 4 is 23.6 Å². The van der Waals surface area contributed by atoms with Gasteiger partial charge in [0.15, 0.2) is 0 Å². The summed E-state index contributed by atoms with van der Waals surface area (Å²) in [6.45, 7) is 8.82. The fourth-order valence-electron chi connectivity index (χ4n) is 4.44. The molecule has 0 aliphatic rings. The third-order valence-electron chi connectivity index (χ3n) is 7.14. The largest absolute Gasteiger partial charge is 0.453 e. The highest BCUT2D eigenvalue weighted by Crippen LogP contribution is 2.29. The van der Waals surface area contributed by atoms with Gasteiger partial charge >= 0.3 is 6.09 Å². The van der Waals surface area contributed by atoms with Gasteiger partial charge in [-0.25, -0.2) is 9.78 Å². The molecule has 2 N–H and O–H groups in total. The lowest BCUT2D eigenvalue weighted by molar-refractivity contribution is -0.122. The molecule has 13 heteroatoms. The summed E-state index contributed by atoms with van der Waals surface area (Å²) in [4.78, 5) is 60.6. The molecule has 0 fully saturated rings. The molecule has 0 bridgehead atoms. The van der Waals surface area contributed by atoms with Crippen molar-refractivity contribution in [3.8, 4) is 11.3 Å². The lowest BCUT2D eigenvalue weighted by Gasteiger charge is -2.21. The first kappa shape index (κ1) is 31.7. The van der Waals surface area contributed by atoms with E-state index < -0.39 is 41.3 Å². The molecule has 0 aliphatic heterocycles. The van der Waals surface area contributed by atoms with Crippen LogP contribution in [0.3, 0.4) is 0 Å². The van der Waals surface area contributed by atoms with Crippen LogP contribution in [0.5, 0.6) is 0 Å². The number of hydrogen-bond donors (Lipinski definition) is 2. The summed E-state index contributed by atoms with van der Waals surface area (Å²) in [5.74, 6) is -1.94. The highest BCUT2D eigenvalue weighted by atomic mass is 16.5.